The summed E-state index contributed by atoms with van der Waals surface area (Å²) in [6.07, 6.45) is 3.76. The minimum atomic E-state index is -4.65. The number of nitrogens with zero attached hydrogens (tertiary/aromatic N) is 3. The number of allylic oxidation sites excluding steroid dienone is 3. The van der Waals surface area contributed by atoms with E-state index in [-0.39, 0.29) is 41.1 Å². The molecule has 0 fully saturated rings. The second kappa shape index (κ2) is 9.37. The van der Waals surface area contributed by atoms with E-state index in [0.717, 1.165) is 6.08 Å². The van der Waals surface area contributed by atoms with Crippen molar-refractivity contribution in [2.24, 2.45) is 9.98 Å². The Morgan fingerprint density at radius 2 is 2.10 bits per heavy atom. The van der Waals surface area contributed by atoms with Crippen LogP contribution in [0, 0.1) is 0 Å². The predicted molar refractivity (Wildman–Crippen MR) is 105 cm³/mol. The van der Waals surface area contributed by atoms with E-state index in [2.05, 4.69) is 15.0 Å². The zero-order valence-electron chi connectivity index (χ0n) is 15.3. The zero-order valence-corrected chi connectivity index (χ0v) is 16.1. The molecule has 1 N–H and O–H groups in total. The van der Waals surface area contributed by atoms with E-state index >= 15 is 0 Å². The molecule has 3 rings (SSSR count). The minimum absolute atomic E-state index is 0.0213. The van der Waals surface area contributed by atoms with E-state index < -0.39 is 17.9 Å². The molecule has 1 aliphatic heterocycles. The van der Waals surface area contributed by atoms with Gasteiger partial charge in [-0.25, -0.2) is 9.98 Å². The van der Waals surface area contributed by atoms with Crippen LogP contribution < -0.4 is 4.74 Å². The summed E-state index contributed by atoms with van der Waals surface area (Å²) in [7, 11) is 0. The summed E-state index contributed by atoms with van der Waals surface area (Å²) in [4.78, 5) is 11.9. The van der Waals surface area contributed by atoms with Crippen molar-refractivity contribution in [3.63, 3.8) is 0 Å². The van der Waals surface area contributed by atoms with Crippen LogP contribution in [0.15, 0.2) is 63.4 Å². The fourth-order valence-electron chi connectivity index (χ4n) is 3.01. The number of hydrogen-bond donors (Lipinski definition) is 1. The first-order chi connectivity index (χ1) is 13.8. The molecule has 1 aromatic heterocycles. The van der Waals surface area contributed by atoms with Gasteiger partial charge in [-0.05, 0) is 49.1 Å². The molecule has 0 saturated heterocycles. The summed E-state index contributed by atoms with van der Waals surface area (Å²) in [5.74, 6) is 0.284. The SMILES string of the molecule is OC(CCC1CC=NC=N1)C1=CCC=C(Oc2ccc(Cl)nc2)C=C1C(F)(F)F. The predicted octanol–water partition coefficient (Wildman–Crippen LogP) is 4.83. The number of rotatable bonds is 6. The molecule has 0 amide bonds. The lowest BCUT2D eigenvalue weighted by molar-refractivity contribution is -0.0911. The smallest absolute Gasteiger partial charge is 0.416 e. The first kappa shape index (κ1) is 21.3. The summed E-state index contributed by atoms with van der Waals surface area (Å²) >= 11 is 5.71. The third-order valence-electron chi connectivity index (χ3n) is 4.46. The van der Waals surface area contributed by atoms with Gasteiger partial charge in [0.2, 0.25) is 0 Å². The van der Waals surface area contributed by atoms with Crippen molar-refractivity contribution in [1.29, 1.82) is 0 Å². The molecule has 0 radical (unpaired) electrons. The number of alkyl halides is 3. The molecule has 1 aliphatic carbocycles. The lowest BCUT2D eigenvalue weighted by Crippen LogP contribution is -2.23. The molecule has 9 heteroatoms. The van der Waals surface area contributed by atoms with Crippen molar-refractivity contribution < 1.29 is 23.0 Å². The van der Waals surface area contributed by atoms with Crippen LogP contribution in [0.2, 0.25) is 5.15 Å². The molecule has 0 saturated carbocycles. The van der Waals surface area contributed by atoms with E-state index in [4.69, 9.17) is 16.3 Å². The number of aliphatic hydroxyl groups excluding tert-OH is 1. The van der Waals surface area contributed by atoms with Crippen molar-refractivity contribution in [1.82, 2.24) is 4.98 Å². The van der Waals surface area contributed by atoms with Gasteiger partial charge in [0.15, 0.2) is 0 Å². The number of aliphatic hydroxyl groups is 1. The molecular formula is C20H19ClF3N3O2. The highest BCUT2D eigenvalue weighted by molar-refractivity contribution is 6.29. The van der Waals surface area contributed by atoms with Gasteiger partial charge in [0.1, 0.15) is 23.0 Å². The zero-order chi connectivity index (χ0) is 20.9. The van der Waals surface area contributed by atoms with Gasteiger partial charge in [0.25, 0.3) is 0 Å². The van der Waals surface area contributed by atoms with Crippen molar-refractivity contribution in [3.8, 4) is 5.75 Å². The number of pyridine rings is 1. The summed E-state index contributed by atoms with van der Waals surface area (Å²) in [6, 6.07) is 2.91. The Labute approximate surface area is 171 Å². The standard InChI is InChI=1S/C20H19ClF3N3O2/c21-19-7-5-15(11-26-19)29-14-2-1-3-16(17(10-14)20(22,23)24)18(28)6-4-13-8-9-25-12-27-13/h2-3,5,7,9-13,18,28H,1,4,6,8H2. The summed E-state index contributed by atoms with van der Waals surface area (Å²) < 4.78 is 46.7. The highest BCUT2D eigenvalue weighted by atomic mass is 35.5. The molecule has 2 aliphatic rings. The maximum atomic E-state index is 13.7. The highest BCUT2D eigenvalue weighted by Gasteiger charge is 2.38. The molecule has 0 spiro atoms. The molecule has 5 nitrogen and oxygen atoms in total. The lowest BCUT2D eigenvalue weighted by atomic mass is 9.94. The van der Waals surface area contributed by atoms with Crippen molar-refractivity contribution in [2.75, 3.05) is 0 Å². The molecule has 154 valence electrons. The maximum Gasteiger partial charge on any atom is 0.416 e. The monoisotopic (exact) mass is 425 g/mol. The topological polar surface area (TPSA) is 67.1 Å². The van der Waals surface area contributed by atoms with Gasteiger partial charge in [0.05, 0.1) is 23.9 Å². The fourth-order valence-corrected chi connectivity index (χ4v) is 3.12. The van der Waals surface area contributed by atoms with Crippen LogP contribution in [0.4, 0.5) is 13.2 Å². The van der Waals surface area contributed by atoms with Crippen LogP contribution in [0.5, 0.6) is 5.75 Å². The Bertz CT molecular complexity index is 874. The Hall–Kier alpha value is -2.45. The number of aromatic nitrogens is 1. The summed E-state index contributed by atoms with van der Waals surface area (Å²) in [5, 5.41) is 10.7. The maximum absolute atomic E-state index is 13.7. The molecule has 29 heavy (non-hydrogen) atoms. The molecule has 0 aromatic carbocycles. The van der Waals surface area contributed by atoms with E-state index in [1.807, 2.05) is 0 Å². The van der Waals surface area contributed by atoms with Gasteiger partial charge >= 0.3 is 6.18 Å². The second-order valence-electron chi connectivity index (χ2n) is 6.55. The van der Waals surface area contributed by atoms with Crippen LogP contribution in [-0.2, 0) is 0 Å². The first-order valence-electron chi connectivity index (χ1n) is 9.03. The van der Waals surface area contributed by atoms with E-state index in [9.17, 15) is 18.3 Å². The lowest BCUT2D eigenvalue weighted by Gasteiger charge is -2.21. The van der Waals surface area contributed by atoms with Gasteiger partial charge in [-0.2, -0.15) is 13.2 Å². The Morgan fingerprint density at radius 3 is 2.76 bits per heavy atom. The van der Waals surface area contributed by atoms with Crippen molar-refractivity contribution in [3.05, 3.63) is 58.6 Å². The Morgan fingerprint density at radius 1 is 1.28 bits per heavy atom. The van der Waals surface area contributed by atoms with Gasteiger partial charge in [-0.3, -0.25) is 4.99 Å². The average molecular weight is 426 g/mol. The summed E-state index contributed by atoms with van der Waals surface area (Å²) in [6.45, 7) is 0. The van der Waals surface area contributed by atoms with Gasteiger partial charge in [0, 0.05) is 12.6 Å². The molecule has 2 atom stereocenters. The summed E-state index contributed by atoms with van der Waals surface area (Å²) in [5.41, 5.74) is -1.08. The molecule has 1 aromatic rings. The minimum Gasteiger partial charge on any atom is -0.456 e. The molecular weight excluding hydrogens is 407 g/mol. The third-order valence-corrected chi connectivity index (χ3v) is 4.68. The fraction of sp³-hybridized carbons (Fsp3) is 0.350. The van der Waals surface area contributed by atoms with Crippen LogP contribution in [0.25, 0.3) is 0 Å². The van der Waals surface area contributed by atoms with Crippen molar-refractivity contribution >= 4 is 24.2 Å². The Kier molecular flexibility index (Phi) is 6.87. The Balaban J connectivity index is 1.75. The number of halogens is 4. The number of hydrogen-bond acceptors (Lipinski definition) is 5. The van der Waals surface area contributed by atoms with Gasteiger partial charge < -0.3 is 9.84 Å². The number of ether oxygens (including phenoxy) is 1. The normalized spacial score (nSPS) is 20.4. The quantitative estimate of drug-likeness (QED) is 0.664. The highest BCUT2D eigenvalue weighted by Crippen LogP contribution is 2.37. The van der Waals surface area contributed by atoms with Crippen LogP contribution in [-0.4, -0.2) is 41.0 Å². The van der Waals surface area contributed by atoms with Gasteiger partial charge in [-0.1, -0.05) is 17.7 Å². The average Bonchev–Trinajstić information content (AvgIpc) is 2.91. The molecule has 2 unspecified atom stereocenters. The van der Waals surface area contributed by atoms with Crippen molar-refractivity contribution in [2.45, 2.75) is 44.0 Å². The second-order valence-corrected chi connectivity index (χ2v) is 6.94. The third kappa shape index (κ3) is 6.01. The largest absolute Gasteiger partial charge is 0.456 e. The van der Waals surface area contributed by atoms with Crippen LogP contribution in [0.3, 0.4) is 0 Å². The molecule has 0 bridgehead atoms. The molecule has 2 heterocycles. The van der Waals surface area contributed by atoms with Gasteiger partial charge in [-0.15, -0.1) is 0 Å². The first-order valence-corrected chi connectivity index (χ1v) is 9.41. The van der Waals surface area contributed by atoms with Crippen LogP contribution >= 0.6 is 11.6 Å². The number of aliphatic imine (C=N–C) groups is 2. The van der Waals surface area contributed by atoms with E-state index in [0.29, 0.717) is 12.8 Å². The van der Waals surface area contributed by atoms with E-state index in [1.54, 1.807) is 6.21 Å². The van der Waals surface area contributed by atoms with Crippen LogP contribution in [0.1, 0.15) is 25.7 Å². The van der Waals surface area contributed by atoms with E-state index in [1.165, 1.54) is 36.8 Å².